The number of piperidine rings is 1. The van der Waals surface area contributed by atoms with Crippen LogP contribution in [0.1, 0.15) is 36.3 Å². The lowest BCUT2D eigenvalue weighted by atomic mass is 9.85. The summed E-state index contributed by atoms with van der Waals surface area (Å²) in [6, 6.07) is 12.3. The first-order valence-corrected chi connectivity index (χ1v) is 11.9. The Bertz CT molecular complexity index is 1160. The number of hydrogen-bond acceptors (Lipinski definition) is 2. The molecule has 0 atom stereocenters. The summed E-state index contributed by atoms with van der Waals surface area (Å²) >= 11 is 1.65. The second kappa shape index (κ2) is 8.93. The summed E-state index contributed by atoms with van der Waals surface area (Å²) < 4.78 is 27.5. The molecular weight excluding hydrogens is 410 g/mol. The van der Waals surface area contributed by atoms with Gasteiger partial charge in [-0.2, -0.15) is 11.3 Å². The van der Waals surface area contributed by atoms with Crippen LogP contribution in [0.4, 0.5) is 8.78 Å². The minimum atomic E-state index is -0.182. The summed E-state index contributed by atoms with van der Waals surface area (Å²) in [5.74, 6) is 0.126. The lowest BCUT2D eigenvalue weighted by Gasteiger charge is -2.33. The molecule has 2 aromatic carbocycles. The van der Waals surface area contributed by atoms with Gasteiger partial charge in [-0.05, 0) is 121 Å². The molecule has 0 amide bonds. The molecule has 0 saturated carbocycles. The quantitative estimate of drug-likeness (QED) is 0.345. The van der Waals surface area contributed by atoms with E-state index < -0.39 is 0 Å². The molecule has 0 unspecified atom stereocenters. The van der Waals surface area contributed by atoms with Crippen molar-refractivity contribution < 1.29 is 8.78 Å². The number of aromatic amines is 1. The number of likely N-dealkylation sites (tertiary alicyclic amines) is 1. The number of aryl methyl sites for hydroxylation is 1. The Labute approximate surface area is 185 Å². The minimum Gasteiger partial charge on any atom is -0.361 e. The van der Waals surface area contributed by atoms with Crippen molar-refractivity contribution in [2.24, 2.45) is 0 Å². The Morgan fingerprint density at radius 3 is 2.61 bits per heavy atom. The van der Waals surface area contributed by atoms with Crippen LogP contribution in [0.25, 0.3) is 22.0 Å². The molecule has 1 saturated heterocycles. The number of nitrogens with zero attached hydrogens (tertiary/aromatic N) is 1. The smallest absolute Gasteiger partial charge is 0.123 e. The fraction of sp³-hybridized carbons (Fsp3) is 0.308. The number of H-pyrrole nitrogens is 1. The van der Waals surface area contributed by atoms with E-state index in [1.165, 1.54) is 17.2 Å². The molecule has 31 heavy (non-hydrogen) atoms. The Balaban J connectivity index is 1.18. The van der Waals surface area contributed by atoms with E-state index in [1.807, 2.05) is 12.3 Å². The first-order valence-electron chi connectivity index (χ1n) is 11.0. The molecule has 0 aliphatic carbocycles. The van der Waals surface area contributed by atoms with Gasteiger partial charge in [-0.1, -0.05) is 6.07 Å². The molecule has 0 spiro atoms. The van der Waals surface area contributed by atoms with Crippen LogP contribution in [0.15, 0.2) is 59.4 Å². The summed E-state index contributed by atoms with van der Waals surface area (Å²) in [6.45, 7) is 3.18. The largest absolute Gasteiger partial charge is 0.361 e. The summed E-state index contributed by atoms with van der Waals surface area (Å²) in [7, 11) is 0. The molecule has 0 radical (unpaired) electrons. The minimum absolute atomic E-state index is 0.167. The van der Waals surface area contributed by atoms with E-state index in [0.29, 0.717) is 5.92 Å². The van der Waals surface area contributed by atoms with Crippen LogP contribution in [0.3, 0.4) is 0 Å². The highest BCUT2D eigenvalue weighted by Crippen LogP contribution is 2.36. The van der Waals surface area contributed by atoms with Gasteiger partial charge in [0.1, 0.15) is 11.6 Å². The van der Waals surface area contributed by atoms with E-state index in [2.05, 4.69) is 26.7 Å². The molecule has 5 heteroatoms. The van der Waals surface area contributed by atoms with Crippen LogP contribution in [-0.2, 0) is 6.42 Å². The molecule has 5 rings (SSSR count). The van der Waals surface area contributed by atoms with Crippen molar-refractivity contribution in [1.82, 2.24) is 9.88 Å². The van der Waals surface area contributed by atoms with Gasteiger partial charge in [0.2, 0.25) is 0 Å². The molecule has 2 aromatic heterocycles. The van der Waals surface area contributed by atoms with Crippen LogP contribution in [0, 0.1) is 11.6 Å². The maximum absolute atomic E-state index is 13.9. The summed E-state index contributed by atoms with van der Waals surface area (Å²) in [5.41, 5.74) is 5.64. The van der Waals surface area contributed by atoms with Gasteiger partial charge in [0, 0.05) is 17.1 Å². The van der Waals surface area contributed by atoms with Crippen molar-refractivity contribution in [3.05, 3.63) is 82.2 Å². The average molecular weight is 437 g/mol. The molecule has 1 aliphatic heterocycles. The van der Waals surface area contributed by atoms with Gasteiger partial charge < -0.3 is 9.88 Å². The molecule has 0 bridgehead atoms. The van der Waals surface area contributed by atoms with Crippen LogP contribution < -0.4 is 0 Å². The van der Waals surface area contributed by atoms with Gasteiger partial charge in [0.05, 0.1) is 0 Å². The van der Waals surface area contributed by atoms with E-state index in [-0.39, 0.29) is 11.6 Å². The molecule has 160 valence electrons. The highest BCUT2D eigenvalue weighted by Gasteiger charge is 2.23. The Kier molecular flexibility index (Phi) is 5.88. The van der Waals surface area contributed by atoms with Crippen molar-refractivity contribution in [3.63, 3.8) is 0 Å². The predicted octanol–water partition coefficient (Wildman–Crippen LogP) is 6.99. The predicted molar refractivity (Wildman–Crippen MR) is 125 cm³/mol. The highest BCUT2D eigenvalue weighted by atomic mass is 32.1. The van der Waals surface area contributed by atoms with Crippen molar-refractivity contribution >= 4 is 22.2 Å². The third-order valence-electron chi connectivity index (χ3n) is 6.52. The number of halogens is 2. The zero-order valence-electron chi connectivity index (χ0n) is 17.4. The Morgan fingerprint density at radius 1 is 1.00 bits per heavy atom. The Morgan fingerprint density at radius 2 is 1.81 bits per heavy atom. The van der Waals surface area contributed by atoms with Crippen molar-refractivity contribution in [1.29, 1.82) is 0 Å². The van der Waals surface area contributed by atoms with E-state index >= 15 is 0 Å². The standard InChI is InChI=1S/C26H26F2N2S/c27-21-3-5-23(24(14-21)20-9-13-31-17-20)18-7-11-30(12-8-18)10-1-2-19-16-29-26-6-4-22(28)15-25(19)26/h3-6,9,13-18,29H,1-2,7-8,10-12H2. The summed E-state index contributed by atoms with van der Waals surface area (Å²) in [6.07, 6.45) is 6.22. The van der Waals surface area contributed by atoms with Gasteiger partial charge in [-0.15, -0.1) is 0 Å². The SMILES string of the molecule is Fc1ccc(C2CCN(CCCc3c[nH]c4ccc(F)cc34)CC2)c(-c2ccsc2)c1. The molecular formula is C26H26F2N2S. The molecule has 2 nitrogen and oxygen atoms in total. The lowest BCUT2D eigenvalue weighted by molar-refractivity contribution is 0.210. The van der Waals surface area contributed by atoms with Crippen molar-refractivity contribution in [2.45, 2.75) is 31.6 Å². The normalized spacial score (nSPS) is 15.7. The van der Waals surface area contributed by atoms with E-state index in [4.69, 9.17) is 0 Å². The van der Waals surface area contributed by atoms with Crippen LogP contribution in [0.2, 0.25) is 0 Å². The fourth-order valence-corrected chi connectivity index (χ4v) is 5.53. The number of benzene rings is 2. The summed E-state index contributed by atoms with van der Waals surface area (Å²) in [5, 5.41) is 5.15. The number of aromatic nitrogens is 1. The fourth-order valence-electron chi connectivity index (χ4n) is 4.87. The lowest BCUT2D eigenvalue weighted by Crippen LogP contribution is -2.34. The number of fused-ring (bicyclic) bond motifs is 1. The van der Waals surface area contributed by atoms with Crippen LogP contribution in [-0.4, -0.2) is 29.5 Å². The van der Waals surface area contributed by atoms with Crippen molar-refractivity contribution in [3.8, 4) is 11.1 Å². The van der Waals surface area contributed by atoms with E-state index in [1.54, 1.807) is 35.6 Å². The topological polar surface area (TPSA) is 19.0 Å². The molecule has 3 heterocycles. The third kappa shape index (κ3) is 4.43. The van der Waals surface area contributed by atoms with Crippen molar-refractivity contribution in [2.75, 3.05) is 19.6 Å². The molecule has 4 aromatic rings. The zero-order chi connectivity index (χ0) is 21.2. The molecule has 1 fully saturated rings. The van der Waals surface area contributed by atoms with Crippen LogP contribution >= 0.6 is 11.3 Å². The number of nitrogens with one attached hydrogen (secondary N) is 1. The monoisotopic (exact) mass is 436 g/mol. The first kappa shape index (κ1) is 20.4. The number of rotatable bonds is 6. The number of thiophene rings is 1. The highest BCUT2D eigenvalue weighted by molar-refractivity contribution is 7.08. The van der Waals surface area contributed by atoms with Crippen LogP contribution in [0.5, 0.6) is 0 Å². The third-order valence-corrected chi connectivity index (χ3v) is 7.21. The van der Waals surface area contributed by atoms with Gasteiger partial charge in [-0.3, -0.25) is 0 Å². The van der Waals surface area contributed by atoms with Gasteiger partial charge in [-0.25, -0.2) is 8.78 Å². The van der Waals surface area contributed by atoms with Gasteiger partial charge in [0.25, 0.3) is 0 Å². The van der Waals surface area contributed by atoms with E-state index in [0.717, 1.165) is 67.3 Å². The second-order valence-electron chi connectivity index (χ2n) is 8.47. The maximum atomic E-state index is 13.9. The number of hydrogen-bond donors (Lipinski definition) is 1. The maximum Gasteiger partial charge on any atom is 0.123 e. The first-order chi connectivity index (χ1) is 15.2. The average Bonchev–Trinajstić information content (AvgIpc) is 3.45. The molecule has 1 N–H and O–H groups in total. The molecule has 1 aliphatic rings. The second-order valence-corrected chi connectivity index (χ2v) is 9.25. The van der Waals surface area contributed by atoms with Gasteiger partial charge in [0.15, 0.2) is 0 Å². The van der Waals surface area contributed by atoms with E-state index in [9.17, 15) is 8.78 Å². The summed E-state index contributed by atoms with van der Waals surface area (Å²) in [4.78, 5) is 5.77. The Hall–Kier alpha value is -2.50. The zero-order valence-corrected chi connectivity index (χ0v) is 18.2. The van der Waals surface area contributed by atoms with Gasteiger partial charge >= 0.3 is 0 Å².